The summed E-state index contributed by atoms with van der Waals surface area (Å²) in [7, 11) is 0. The summed E-state index contributed by atoms with van der Waals surface area (Å²) in [4.78, 5) is 18.7. The van der Waals surface area contributed by atoms with Gasteiger partial charge in [0.25, 0.3) is 5.91 Å². The molecule has 0 saturated carbocycles. The highest BCUT2D eigenvalue weighted by atomic mass is 16.4. The van der Waals surface area contributed by atoms with E-state index in [9.17, 15) is 4.79 Å². The van der Waals surface area contributed by atoms with Gasteiger partial charge in [0.1, 0.15) is 0 Å². The third-order valence-electron chi connectivity index (χ3n) is 3.02. The summed E-state index contributed by atoms with van der Waals surface area (Å²) in [5, 5.41) is 2.50. The van der Waals surface area contributed by atoms with Gasteiger partial charge in [0.2, 0.25) is 0 Å². The number of fused-ring (bicyclic) bond motifs is 1. The topological polar surface area (TPSA) is 95.1 Å². The minimum absolute atomic E-state index is 0.0410. The van der Waals surface area contributed by atoms with Gasteiger partial charge in [-0.3, -0.25) is 4.79 Å². The zero-order valence-corrected chi connectivity index (χ0v) is 12.2. The second-order valence-corrected chi connectivity index (χ2v) is 4.76. The second kappa shape index (κ2) is 6.57. The van der Waals surface area contributed by atoms with Gasteiger partial charge in [-0.15, -0.1) is 0 Å². The molecule has 0 saturated heterocycles. The molecular formula is C17H15N4O2+. The van der Waals surface area contributed by atoms with Crippen LogP contribution in [0.15, 0.2) is 65.1 Å². The molecule has 114 valence electrons. The number of carbonyl (C=O) groups is 1. The van der Waals surface area contributed by atoms with Gasteiger partial charge in [0.05, 0.1) is 0 Å². The van der Waals surface area contributed by atoms with Crippen LogP contribution in [0, 0.1) is 0 Å². The molecule has 1 heterocycles. The van der Waals surface area contributed by atoms with E-state index in [1.54, 1.807) is 12.1 Å². The Hall–Kier alpha value is -3.41. The first-order valence-corrected chi connectivity index (χ1v) is 7.00. The first-order chi connectivity index (χ1) is 11.2. The molecule has 0 fully saturated rings. The van der Waals surface area contributed by atoms with Crippen molar-refractivity contribution in [3.8, 4) is 0 Å². The third-order valence-corrected chi connectivity index (χ3v) is 3.02. The predicted octanol–water partition coefficient (Wildman–Crippen LogP) is 0.684. The maximum absolute atomic E-state index is 11.8. The van der Waals surface area contributed by atoms with E-state index in [1.807, 2.05) is 48.5 Å². The first kappa shape index (κ1) is 14.5. The number of rotatable bonds is 3. The normalized spacial score (nSPS) is 11.9. The molecule has 1 amide bonds. The summed E-state index contributed by atoms with van der Waals surface area (Å²) in [6, 6.07) is 17.0. The maximum Gasteiger partial charge on any atom is 0.406 e. The van der Waals surface area contributed by atoms with Crippen molar-refractivity contribution < 1.29 is 14.2 Å². The van der Waals surface area contributed by atoms with Crippen molar-refractivity contribution in [2.45, 2.75) is 0 Å². The molecule has 6 heteroatoms. The van der Waals surface area contributed by atoms with E-state index in [-0.39, 0.29) is 17.9 Å². The average molecular weight is 307 g/mol. The predicted molar refractivity (Wildman–Crippen MR) is 87.4 cm³/mol. The van der Waals surface area contributed by atoms with Crippen molar-refractivity contribution in [1.82, 2.24) is 10.3 Å². The summed E-state index contributed by atoms with van der Waals surface area (Å²) in [5.74, 6) is -0.311. The van der Waals surface area contributed by atoms with Gasteiger partial charge in [-0.1, -0.05) is 47.4 Å². The molecule has 0 bridgehead atoms. The number of nitrogens with one attached hydrogen (secondary N) is 2. The number of aromatic nitrogens is 1. The number of benzene rings is 2. The van der Waals surface area contributed by atoms with Crippen molar-refractivity contribution in [1.29, 1.82) is 0 Å². The molecule has 1 aromatic heterocycles. The molecule has 0 aliphatic rings. The molecule has 0 unspecified atom stereocenters. The van der Waals surface area contributed by atoms with Crippen LogP contribution in [0.3, 0.4) is 0 Å². The van der Waals surface area contributed by atoms with E-state index in [0.29, 0.717) is 11.1 Å². The van der Waals surface area contributed by atoms with E-state index < -0.39 is 0 Å². The van der Waals surface area contributed by atoms with E-state index in [2.05, 4.69) is 15.3 Å². The Morgan fingerprint density at radius 3 is 2.65 bits per heavy atom. The molecule has 0 spiro atoms. The Morgan fingerprint density at radius 2 is 1.87 bits per heavy atom. The molecule has 0 aliphatic heterocycles. The smallest absolute Gasteiger partial charge is 0.404 e. The number of carbonyl (C=O) groups excluding carboxylic acids is 1. The van der Waals surface area contributed by atoms with Crippen LogP contribution in [0.4, 0.5) is 6.01 Å². The lowest BCUT2D eigenvalue weighted by molar-refractivity contribution is -0.381. The quantitative estimate of drug-likeness (QED) is 0.377. The van der Waals surface area contributed by atoms with Gasteiger partial charge in [0.15, 0.2) is 11.1 Å². The maximum atomic E-state index is 11.8. The second-order valence-electron chi connectivity index (χ2n) is 4.76. The zero-order valence-electron chi connectivity index (χ0n) is 12.2. The number of oxazole rings is 1. The highest BCUT2D eigenvalue weighted by molar-refractivity contribution is 6.01. The Morgan fingerprint density at radius 1 is 1.13 bits per heavy atom. The van der Waals surface area contributed by atoms with Crippen molar-refractivity contribution in [3.63, 3.8) is 0 Å². The highest BCUT2D eigenvalue weighted by Crippen LogP contribution is 2.14. The number of nitrogens with zero attached hydrogens (tertiary/aromatic N) is 1. The van der Waals surface area contributed by atoms with E-state index in [1.165, 1.54) is 6.08 Å². The van der Waals surface area contributed by atoms with E-state index in [4.69, 9.17) is 10.2 Å². The van der Waals surface area contributed by atoms with E-state index in [0.717, 1.165) is 5.56 Å². The molecule has 3 rings (SSSR count). The van der Waals surface area contributed by atoms with Crippen LogP contribution in [0.1, 0.15) is 5.56 Å². The van der Waals surface area contributed by atoms with Crippen molar-refractivity contribution in [3.05, 3.63) is 66.2 Å². The van der Waals surface area contributed by atoms with Gasteiger partial charge in [0, 0.05) is 6.08 Å². The molecule has 2 aromatic carbocycles. The number of hydrogen-bond donors (Lipinski definition) is 3. The molecule has 0 radical (unpaired) electrons. The Labute approximate surface area is 132 Å². The van der Waals surface area contributed by atoms with Crippen LogP contribution in [-0.4, -0.2) is 16.9 Å². The third kappa shape index (κ3) is 3.82. The summed E-state index contributed by atoms with van der Waals surface area (Å²) >= 11 is 0. The monoisotopic (exact) mass is 307 g/mol. The van der Waals surface area contributed by atoms with Crippen LogP contribution in [0.5, 0.6) is 0 Å². The van der Waals surface area contributed by atoms with Gasteiger partial charge >= 0.3 is 12.0 Å². The fourth-order valence-corrected chi connectivity index (χ4v) is 1.98. The average Bonchev–Trinajstić information content (AvgIpc) is 2.96. The van der Waals surface area contributed by atoms with Crippen LogP contribution in [0.25, 0.3) is 17.2 Å². The molecule has 6 nitrogen and oxygen atoms in total. The van der Waals surface area contributed by atoms with Crippen LogP contribution in [0.2, 0.25) is 0 Å². The Balaban J connectivity index is 1.67. The number of nitrogens with two attached hydrogens (primary N) is 1. The lowest BCUT2D eigenvalue weighted by Gasteiger charge is -1.94. The minimum atomic E-state index is -0.352. The fourth-order valence-electron chi connectivity index (χ4n) is 1.98. The van der Waals surface area contributed by atoms with E-state index >= 15 is 0 Å². The molecule has 0 atom stereocenters. The molecule has 3 aromatic rings. The van der Waals surface area contributed by atoms with Gasteiger partial charge < -0.3 is 10.2 Å². The summed E-state index contributed by atoms with van der Waals surface area (Å²) in [5.41, 5.74) is 8.01. The van der Waals surface area contributed by atoms with Gasteiger partial charge in [-0.2, -0.15) is 0 Å². The summed E-state index contributed by atoms with van der Waals surface area (Å²) < 4.78 is 5.46. The Bertz CT molecular complexity index is 849. The van der Waals surface area contributed by atoms with Gasteiger partial charge in [-0.05, 0) is 23.8 Å². The van der Waals surface area contributed by atoms with Crippen LogP contribution >= 0.6 is 0 Å². The summed E-state index contributed by atoms with van der Waals surface area (Å²) in [6.07, 6.45) is 3.10. The number of hydrogen-bond acceptors (Lipinski definition) is 3. The minimum Gasteiger partial charge on any atom is -0.404 e. The van der Waals surface area contributed by atoms with Crippen LogP contribution < -0.4 is 16.0 Å². The number of amides is 1. The standard InChI is InChI=1S/C17H14N4O2/c18-16(20-15(22)11-10-12-6-2-1-3-7-12)21-17-19-13-8-4-5-9-14(13)23-17/h1-11H,(H3,18,19,20,21,22)/p+1. The molecule has 0 aliphatic carbocycles. The summed E-state index contributed by atoms with van der Waals surface area (Å²) in [6.45, 7) is 0. The molecule has 4 N–H and O–H groups in total. The molecular weight excluding hydrogens is 292 g/mol. The lowest BCUT2D eigenvalue weighted by Crippen LogP contribution is -2.74. The van der Waals surface area contributed by atoms with Crippen molar-refractivity contribution in [2.75, 3.05) is 0 Å². The molecule has 23 heavy (non-hydrogen) atoms. The SMILES string of the molecule is NC(NC(=O)C=Cc1ccccc1)=[NH+]c1nc2ccccc2o1. The van der Waals surface area contributed by atoms with Gasteiger partial charge in [-0.25, -0.2) is 10.3 Å². The zero-order chi connectivity index (χ0) is 16.1. The van der Waals surface area contributed by atoms with Crippen molar-refractivity contribution >= 4 is 35.1 Å². The largest absolute Gasteiger partial charge is 0.406 e. The van der Waals surface area contributed by atoms with Crippen LogP contribution in [-0.2, 0) is 4.79 Å². The van der Waals surface area contributed by atoms with Crippen molar-refractivity contribution in [2.24, 2.45) is 5.73 Å². The fraction of sp³-hybridized carbons (Fsp3) is 0. The Kier molecular flexibility index (Phi) is 4.15. The number of guanidine groups is 1. The highest BCUT2D eigenvalue weighted by Gasteiger charge is 2.10. The lowest BCUT2D eigenvalue weighted by atomic mass is 10.2. The number of para-hydroxylation sites is 2. The first-order valence-electron chi connectivity index (χ1n) is 7.00.